The normalized spacial score (nSPS) is 23.9. The van der Waals surface area contributed by atoms with Gasteiger partial charge in [0.15, 0.2) is 6.10 Å². The van der Waals surface area contributed by atoms with Crippen molar-refractivity contribution in [2.75, 3.05) is 19.7 Å². The largest absolute Gasteiger partial charge is 0.465 e. The van der Waals surface area contributed by atoms with Gasteiger partial charge in [-0.25, -0.2) is 9.59 Å². The molecule has 1 aliphatic carbocycles. The SMILES string of the molecule is CCOC(=O)[C@H](O[C@H]1CC[C@@H]2CN(C(=O)O)C[C@H]2[C@@H]1c1ccccc1C)c1cc(C(F)(F)F)cc(C(F)(F)F)c1. The van der Waals surface area contributed by atoms with Crippen molar-refractivity contribution in [1.29, 1.82) is 0 Å². The molecule has 2 aromatic carbocycles. The van der Waals surface area contributed by atoms with E-state index in [0.717, 1.165) is 11.1 Å². The number of rotatable bonds is 6. The second kappa shape index (κ2) is 11.3. The molecule has 2 aromatic rings. The van der Waals surface area contributed by atoms with Crippen molar-refractivity contribution >= 4 is 12.1 Å². The highest BCUT2D eigenvalue weighted by Crippen LogP contribution is 2.49. The molecule has 218 valence electrons. The molecule has 1 aliphatic heterocycles. The Labute approximate surface area is 226 Å². The Balaban J connectivity index is 1.79. The van der Waals surface area contributed by atoms with E-state index in [1.54, 1.807) is 6.07 Å². The predicted molar refractivity (Wildman–Crippen MR) is 130 cm³/mol. The average Bonchev–Trinajstić information content (AvgIpc) is 3.31. The molecule has 0 radical (unpaired) electrons. The lowest BCUT2D eigenvalue weighted by Crippen LogP contribution is -2.40. The van der Waals surface area contributed by atoms with Gasteiger partial charge in [0.05, 0.1) is 23.8 Å². The minimum atomic E-state index is -5.11. The molecule has 6 nitrogen and oxygen atoms in total. The summed E-state index contributed by atoms with van der Waals surface area (Å²) in [5, 5.41) is 9.60. The van der Waals surface area contributed by atoms with Crippen molar-refractivity contribution < 1.29 is 50.5 Å². The van der Waals surface area contributed by atoms with Crippen LogP contribution in [0.2, 0.25) is 0 Å². The predicted octanol–water partition coefficient (Wildman–Crippen LogP) is 6.83. The van der Waals surface area contributed by atoms with E-state index in [4.69, 9.17) is 9.47 Å². The van der Waals surface area contributed by atoms with Crippen LogP contribution in [-0.4, -0.2) is 47.9 Å². The van der Waals surface area contributed by atoms with Gasteiger partial charge >= 0.3 is 24.4 Å². The molecule has 0 aromatic heterocycles. The Kier molecular flexibility index (Phi) is 8.39. The second-order valence-corrected chi connectivity index (χ2v) is 10.2. The summed E-state index contributed by atoms with van der Waals surface area (Å²) in [5.74, 6) is -1.83. The third-order valence-electron chi connectivity index (χ3n) is 7.72. The number of hydrogen-bond donors (Lipinski definition) is 1. The molecule has 2 fully saturated rings. The summed E-state index contributed by atoms with van der Waals surface area (Å²) in [6.07, 6.45) is -13.2. The van der Waals surface area contributed by atoms with Gasteiger partial charge in [0.2, 0.25) is 0 Å². The zero-order chi connectivity index (χ0) is 29.4. The number of benzene rings is 2. The number of carbonyl (C=O) groups excluding carboxylic acids is 1. The van der Waals surface area contributed by atoms with Gasteiger partial charge in [-0.3, -0.25) is 0 Å². The maximum atomic E-state index is 13.6. The highest BCUT2D eigenvalue weighted by Gasteiger charge is 2.48. The average molecular weight is 574 g/mol. The quantitative estimate of drug-likeness (QED) is 0.303. The lowest BCUT2D eigenvalue weighted by atomic mass is 9.68. The minimum absolute atomic E-state index is 0.00787. The number of nitrogens with zero attached hydrogens (tertiary/aromatic N) is 1. The highest BCUT2D eigenvalue weighted by atomic mass is 19.4. The summed E-state index contributed by atoms with van der Waals surface area (Å²) in [7, 11) is 0. The van der Waals surface area contributed by atoms with Crippen molar-refractivity contribution in [2.24, 2.45) is 11.8 Å². The first kappa shape index (κ1) is 29.7. The van der Waals surface area contributed by atoms with Gasteiger partial charge in [0, 0.05) is 19.0 Å². The highest BCUT2D eigenvalue weighted by molar-refractivity contribution is 5.77. The van der Waals surface area contributed by atoms with Crippen LogP contribution < -0.4 is 0 Å². The summed E-state index contributed by atoms with van der Waals surface area (Å²) >= 11 is 0. The van der Waals surface area contributed by atoms with Crippen LogP contribution in [0.4, 0.5) is 31.1 Å². The topological polar surface area (TPSA) is 76.1 Å². The van der Waals surface area contributed by atoms with Crippen molar-refractivity contribution in [1.82, 2.24) is 4.90 Å². The zero-order valence-electron chi connectivity index (χ0n) is 21.8. The first-order chi connectivity index (χ1) is 18.7. The molecule has 0 spiro atoms. The fourth-order valence-corrected chi connectivity index (χ4v) is 5.94. The van der Waals surface area contributed by atoms with Gasteiger partial charge in [-0.1, -0.05) is 24.3 Å². The molecule has 0 bridgehead atoms. The number of alkyl halides is 6. The van der Waals surface area contributed by atoms with Crippen molar-refractivity contribution in [3.63, 3.8) is 0 Å². The summed E-state index contributed by atoms with van der Waals surface area (Å²) in [6.45, 7) is 3.63. The van der Waals surface area contributed by atoms with Crippen LogP contribution in [0.1, 0.15) is 59.6 Å². The van der Waals surface area contributed by atoms with Gasteiger partial charge < -0.3 is 19.5 Å². The minimum Gasteiger partial charge on any atom is -0.465 e. The number of carbonyl (C=O) groups is 2. The van der Waals surface area contributed by atoms with Crippen LogP contribution in [0.25, 0.3) is 0 Å². The monoisotopic (exact) mass is 573 g/mol. The van der Waals surface area contributed by atoms with E-state index in [2.05, 4.69) is 0 Å². The molecule has 1 heterocycles. The summed E-state index contributed by atoms with van der Waals surface area (Å²) in [5.41, 5.74) is -2.08. The first-order valence-corrected chi connectivity index (χ1v) is 12.9. The van der Waals surface area contributed by atoms with Crippen molar-refractivity contribution in [3.05, 3.63) is 70.3 Å². The maximum absolute atomic E-state index is 13.6. The van der Waals surface area contributed by atoms with Gasteiger partial charge in [-0.15, -0.1) is 0 Å². The summed E-state index contributed by atoms with van der Waals surface area (Å²) in [6, 6.07) is 8.25. The molecule has 1 amide bonds. The summed E-state index contributed by atoms with van der Waals surface area (Å²) < 4.78 is 92.9. The lowest BCUT2D eigenvalue weighted by Gasteiger charge is -2.41. The molecule has 12 heteroatoms. The molecule has 1 N–H and O–H groups in total. The molecule has 40 heavy (non-hydrogen) atoms. The Morgan fingerprint density at radius 3 is 2.17 bits per heavy atom. The van der Waals surface area contributed by atoms with Crippen LogP contribution in [0.15, 0.2) is 42.5 Å². The third kappa shape index (κ3) is 6.21. The Bertz CT molecular complexity index is 1210. The maximum Gasteiger partial charge on any atom is 0.416 e. The number of amides is 1. The van der Waals surface area contributed by atoms with Crippen molar-refractivity contribution in [2.45, 2.75) is 57.2 Å². The third-order valence-corrected chi connectivity index (χ3v) is 7.72. The number of esters is 1. The molecule has 1 saturated carbocycles. The molecular formula is C28H29F6NO5. The van der Waals surface area contributed by atoms with Gasteiger partial charge in [0.1, 0.15) is 0 Å². The van der Waals surface area contributed by atoms with E-state index in [1.165, 1.54) is 11.8 Å². The number of likely N-dealkylation sites (tertiary alicyclic amines) is 1. The number of halogens is 6. The first-order valence-electron chi connectivity index (χ1n) is 12.9. The van der Waals surface area contributed by atoms with E-state index in [9.17, 15) is 41.0 Å². The zero-order valence-corrected chi connectivity index (χ0v) is 21.8. The molecule has 4 rings (SSSR count). The van der Waals surface area contributed by atoms with Crippen molar-refractivity contribution in [3.8, 4) is 0 Å². The standard InChI is InChI=1S/C28H29F6NO5/c1-3-39-25(36)24(17-10-18(27(29,30)31)12-19(11-17)28(32,33)34)40-22-9-8-16-13-35(26(37)38)14-21(16)23(22)20-7-5-4-6-15(20)2/h4-7,10-12,16,21-24H,3,8-9,13-14H2,1-2H3,(H,37,38)/t16-,21-,22+,23+,24-/m1/s1. The number of aryl methyl sites for hydroxylation is 1. The lowest BCUT2D eigenvalue weighted by molar-refractivity contribution is -0.165. The number of fused-ring (bicyclic) bond motifs is 1. The molecule has 1 saturated heterocycles. The molecule has 2 aliphatic rings. The smallest absolute Gasteiger partial charge is 0.416 e. The van der Waals surface area contributed by atoms with Crippen LogP contribution in [-0.2, 0) is 26.6 Å². The van der Waals surface area contributed by atoms with Crippen LogP contribution in [0, 0.1) is 18.8 Å². The fourth-order valence-electron chi connectivity index (χ4n) is 5.94. The summed E-state index contributed by atoms with van der Waals surface area (Å²) in [4.78, 5) is 26.1. The molecular weight excluding hydrogens is 544 g/mol. The second-order valence-electron chi connectivity index (χ2n) is 10.2. The van der Waals surface area contributed by atoms with E-state index in [1.807, 2.05) is 25.1 Å². The fraction of sp³-hybridized carbons (Fsp3) is 0.500. The van der Waals surface area contributed by atoms with E-state index < -0.39 is 59.2 Å². The Morgan fingerprint density at radius 1 is 1.00 bits per heavy atom. The van der Waals surface area contributed by atoms with Crippen LogP contribution >= 0.6 is 0 Å². The Morgan fingerprint density at radius 2 is 1.62 bits per heavy atom. The number of ether oxygens (including phenoxy) is 2. The van der Waals surface area contributed by atoms with Crippen LogP contribution in [0.3, 0.4) is 0 Å². The van der Waals surface area contributed by atoms with Crippen LogP contribution in [0.5, 0.6) is 0 Å². The number of carboxylic acid groups (broad SMARTS) is 1. The van der Waals surface area contributed by atoms with Gasteiger partial charge in [0.25, 0.3) is 0 Å². The van der Waals surface area contributed by atoms with Gasteiger partial charge in [-0.2, -0.15) is 26.3 Å². The number of hydrogen-bond acceptors (Lipinski definition) is 4. The van der Waals surface area contributed by atoms with E-state index >= 15 is 0 Å². The van der Waals surface area contributed by atoms with E-state index in [0.29, 0.717) is 31.5 Å². The molecule has 5 atom stereocenters. The van der Waals surface area contributed by atoms with E-state index in [-0.39, 0.29) is 31.1 Å². The Hall–Kier alpha value is -3.28. The van der Waals surface area contributed by atoms with Gasteiger partial charge in [-0.05, 0) is 73.4 Å². The molecule has 0 unspecified atom stereocenters.